The molecule has 1 nitrogen and oxygen atoms in total. The van der Waals surface area contributed by atoms with E-state index in [1.165, 1.54) is 11.1 Å². The molecule has 0 aliphatic rings. The maximum Gasteiger partial charge on any atom is 0.147 e. The first-order chi connectivity index (χ1) is 11.1. The number of benzene rings is 2. The Morgan fingerprint density at radius 2 is 1.39 bits per heavy atom. The fourth-order valence-corrected chi connectivity index (χ4v) is 4.94. The Balaban J connectivity index is 2.02. The van der Waals surface area contributed by atoms with Crippen molar-refractivity contribution in [2.75, 3.05) is 5.75 Å². The van der Waals surface area contributed by atoms with E-state index in [0.29, 0.717) is 5.92 Å². The zero-order valence-corrected chi connectivity index (χ0v) is 16.1. The van der Waals surface area contributed by atoms with Crippen LogP contribution in [0, 0.1) is 5.92 Å². The Hall–Kier alpha value is -0.970. The van der Waals surface area contributed by atoms with E-state index in [1.54, 1.807) is 10.8 Å². The summed E-state index contributed by atoms with van der Waals surface area (Å²) >= 11 is 5.69. The van der Waals surface area contributed by atoms with Crippen LogP contribution >= 0.6 is 33.8 Å². The average molecular weight is 362 g/mol. The topological polar surface area (TPSA) is 3.24 Å². The molecule has 0 saturated heterocycles. The fourth-order valence-electron chi connectivity index (χ4n) is 2.07. The van der Waals surface area contributed by atoms with Crippen LogP contribution in [0.3, 0.4) is 0 Å². The molecule has 0 heterocycles. The minimum atomic E-state index is 0.687. The molecule has 23 heavy (non-hydrogen) atoms. The van der Waals surface area contributed by atoms with E-state index in [-0.39, 0.29) is 0 Å². The first-order valence-electron chi connectivity index (χ1n) is 7.81. The Morgan fingerprint density at radius 3 is 1.83 bits per heavy atom. The SMILES string of the molecule is CC(C)CSSC(=S)N(Cc1ccccc1)Cc1ccccc1. The van der Waals surface area contributed by atoms with Crippen LogP contribution < -0.4 is 0 Å². The zero-order valence-electron chi connectivity index (χ0n) is 13.6. The van der Waals surface area contributed by atoms with E-state index >= 15 is 0 Å². The van der Waals surface area contributed by atoms with Gasteiger partial charge in [0.2, 0.25) is 0 Å². The number of nitrogens with zero attached hydrogens (tertiary/aromatic N) is 1. The molecule has 2 rings (SSSR count). The van der Waals surface area contributed by atoms with Gasteiger partial charge in [0.15, 0.2) is 0 Å². The summed E-state index contributed by atoms with van der Waals surface area (Å²) in [5.74, 6) is 1.81. The van der Waals surface area contributed by atoms with Gasteiger partial charge in [0, 0.05) is 18.8 Å². The van der Waals surface area contributed by atoms with Crippen molar-refractivity contribution in [1.29, 1.82) is 0 Å². The molecule has 0 bridgehead atoms. The van der Waals surface area contributed by atoms with Crippen LogP contribution in [0.4, 0.5) is 0 Å². The molecule has 0 aliphatic heterocycles. The predicted octanol–water partition coefficient (Wildman–Crippen LogP) is 6.01. The van der Waals surface area contributed by atoms with Gasteiger partial charge in [-0.25, -0.2) is 0 Å². The summed E-state index contributed by atoms with van der Waals surface area (Å²) < 4.78 is 0.961. The standard InChI is InChI=1S/C19H23NS3/c1-16(2)15-22-23-19(21)20(13-17-9-5-3-6-10-17)14-18-11-7-4-8-12-18/h3-12,16H,13-15H2,1-2H3. The van der Waals surface area contributed by atoms with Crippen molar-refractivity contribution in [1.82, 2.24) is 4.90 Å². The molecule has 2 aromatic rings. The molecule has 0 spiro atoms. The highest BCUT2D eigenvalue weighted by molar-refractivity contribution is 8.83. The predicted molar refractivity (Wildman–Crippen MR) is 110 cm³/mol. The van der Waals surface area contributed by atoms with Gasteiger partial charge in [0.25, 0.3) is 0 Å². The van der Waals surface area contributed by atoms with Crippen LogP contribution in [0.5, 0.6) is 0 Å². The molecule has 2 aromatic carbocycles. The van der Waals surface area contributed by atoms with Crippen LogP contribution in [-0.2, 0) is 13.1 Å². The second-order valence-corrected chi connectivity index (χ2v) is 8.83. The smallest absolute Gasteiger partial charge is 0.147 e. The van der Waals surface area contributed by atoms with Gasteiger partial charge >= 0.3 is 0 Å². The average Bonchev–Trinajstić information content (AvgIpc) is 2.56. The van der Waals surface area contributed by atoms with Gasteiger partial charge < -0.3 is 4.90 Å². The number of hydrogen-bond acceptors (Lipinski definition) is 3. The number of thiocarbonyl (C=S) groups is 1. The van der Waals surface area contributed by atoms with Gasteiger partial charge in [-0.2, -0.15) is 0 Å². The van der Waals surface area contributed by atoms with Gasteiger partial charge in [0.05, 0.1) is 0 Å². The van der Waals surface area contributed by atoms with Crippen LogP contribution in [0.25, 0.3) is 0 Å². The minimum Gasteiger partial charge on any atom is -0.348 e. The molecule has 0 aliphatic carbocycles. The molecular weight excluding hydrogens is 338 g/mol. The molecular formula is C19H23NS3. The summed E-state index contributed by atoms with van der Waals surface area (Å²) in [7, 11) is 3.58. The first-order valence-corrected chi connectivity index (χ1v) is 10.5. The molecule has 0 N–H and O–H groups in total. The van der Waals surface area contributed by atoms with Crippen LogP contribution in [0.2, 0.25) is 0 Å². The van der Waals surface area contributed by atoms with E-state index in [2.05, 4.69) is 79.4 Å². The molecule has 122 valence electrons. The lowest BCUT2D eigenvalue weighted by molar-refractivity contribution is 0.421. The fraction of sp³-hybridized carbons (Fsp3) is 0.316. The van der Waals surface area contributed by atoms with Crippen molar-refractivity contribution >= 4 is 38.1 Å². The van der Waals surface area contributed by atoms with E-state index in [9.17, 15) is 0 Å². The molecule has 0 amide bonds. The molecule has 0 unspecified atom stereocenters. The van der Waals surface area contributed by atoms with Crippen LogP contribution in [0.1, 0.15) is 25.0 Å². The summed E-state index contributed by atoms with van der Waals surface area (Å²) in [6, 6.07) is 21.1. The van der Waals surface area contributed by atoms with Crippen LogP contribution in [-0.4, -0.2) is 15.0 Å². The van der Waals surface area contributed by atoms with Gasteiger partial charge in [-0.3, -0.25) is 0 Å². The van der Waals surface area contributed by atoms with E-state index in [1.807, 2.05) is 10.8 Å². The maximum absolute atomic E-state index is 5.69. The molecule has 4 heteroatoms. The van der Waals surface area contributed by atoms with Crippen molar-refractivity contribution in [2.24, 2.45) is 5.92 Å². The molecule has 0 radical (unpaired) electrons. The summed E-state index contributed by atoms with van der Waals surface area (Å²) in [4.78, 5) is 2.29. The molecule has 0 aromatic heterocycles. The van der Waals surface area contributed by atoms with Gasteiger partial charge in [-0.05, 0) is 27.8 Å². The molecule has 0 fully saturated rings. The Bertz CT molecular complexity index is 543. The lowest BCUT2D eigenvalue weighted by atomic mass is 10.2. The second kappa shape index (κ2) is 10.0. The number of rotatable bonds is 7. The third-order valence-corrected chi connectivity index (χ3v) is 6.60. The van der Waals surface area contributed by atoms with E-state index in [4.69, 9.17) is 12.2 Å². The van der Waals surface area contributed by atoms with E-state index < -0.39 is 0 Å². The summed E-state index contributed by atoms with van der Waals surface area (Å²) in [5.41, 5.74) is 2.58. The molecule has 0 atom stereocenters. The summed E-state index contributed by atoms with van der Waals surface area (Å²) in [6.45, 7) is 6.18. The number of hydrogen-bond donors (Lipinski definition) is 0. The van der Waals surface area contributed by atoms with Crippen molar-refractivity contribution < 1.29 is 0 Å². The Kier molecular flexibility index (Phi) is 8.00. The summed E-state index contributed by atoms with van der Waals surface area (Å²) in [6.07, 6.45) is 0. The largest absolute Gasteiger partial charge is 0.348 e. The highest BCUT2D eigenvalue weighted by Gasteiger charge is 2.12. The first kappa shape index (κ1) is 18.4. The van der Waals surface area contributed by atoms with Crippen molar-refractivity contribution in [3.8, 4) is 0 Å². The van der Waals surface area contributed by atoms with Crippen molar-refractivity contribution in [3.05, 3.63) is 71.8 Å². The maximum atomic E-state index is 5.69. The van der Waals surface area contributed by atoms with Gasteiger partial charge in [-0.15, -0.1) is 0 Å². The highest BCUT2D eigenvalue weighted by atomic mass is 33.1. The normalized spacial score (nSPS) is 10.7. The lowest BCUT2D eigenvalue weighted by Crippen LogP contribution is -2.26. The zero-order chi connectivity index (χ0) is 16.5. The minimum absolute atomic E-state index is 0.687. The second-order valence-electron chi connectivity index (χ2n) is 5.85. The Morgan fingerprint density at radius 1 is 0.913 bits per heavy atom. The third-order valence-electron chi connectivity index (χ3n) is 3.22. The highest BCUT2D eigenvalue weighted by Crippen LogP contribution is 2.28. The van der Waals surface area contributed by atoms with Gasteiger partial charge in [0.1, 0.15) is 4.32 Å². The van der Waals surface area contributed by atoms with Crippen molar-refractivity contribution in [2.45, 2.75) is 26.9 Å². The monoisotopic (exact) mass is 361 g/mol. The van der Waals surface area contributed by atoms with Crippen molar-refractivity contribution in [3.63, 3.8) is 0 Å². The third kappa shape index (κ3) is 6.98. The Labute approximate surface area is 153 Å². The molecule has 0 saturated carbocycles. The quantitative estimate of drug-likeness (QED) is 0.438. The van der Waals surface area contributed by atoms with Gasteiger partial charge in [-0.1, -0.05) is 97.5 Å². The summed E-state index contributed by atoms with van der Waals surface area (Å²) in [5, 5.41) is 0. The van der Waals surface area contributed by atoms with E-state index in [0.717, 1.165) is 23.2 Å². The van der Waals surface area contributed by atoms with Crippen LogP contribution in [0.15, 0.2) is 60.7 Å². The lowest BCUT2D eigenvalue weighted by Gasteiger charge is -2.25.